The van der Waals surface area contributed by atoms with Crippen LogP contribution >= 0.6 is 0 Å². The van der Waals surface area contributed by atoms with Crippen LogP contribution in [0.25, 0.3) is 10.8 Å². The fourth-order valence-electron chi connectivity index (χ4n) is 5.71. The van der Waals surface area contributed by atoms with Crippen molar-refractivity contribution in [3.8, 4) is 5.75 Å². The Kier molecular flexibility index (Phi) is 8.31. The van der Waals surface area contributed by atoms with E-state index < -0.39 is 26.2 Å². The number of rotatable bonds is 11. The Balaban J connectivity index is 0.962. The van der Waals surface area contributed by atoms with Gasteiger partial charge >= 0.3 is 0 Å². The molecule has 6 rings (SSSR count). The predicted molar refractivity (Wildman–Crippen MR) is 158 cm³/mol. The summed E-state index contributed by atoms with van der Waals surface area (Å²) >= 11 is 0. The number of piperidine rings is 1. The second-order valence-corrected chi connectivity index (χ2v) is 15.2. The number of nitrogens with one attached hydrogen (secondary N) is 2. The molecule has 2 aliphatic heterocycles. The van der Waals surface area contributed by atoms with E-state index in [1.54, 1.807) is 28.6 Å². The quantitative estimate of drug-likeness (QED) is 0.300. The highest BCUT2D eigenvalue weighted by Crippen LogP contribution is 2.37. The highest BCUT2D eigenvalue weighted by molar-refractivity contribution is 7.89. The zero-order chi connectivity index (χ0) is 29.4. The van der Waals surface area contributed by atoms with Crippen LogP contribution in [0.2, 0.25) is 0 Å². The van der Waals surface area contributed by atoms with Crippen molar-refractivity contribution in [2.75, 3.05) is 32.8 Å². The van der Waals surface area contributed by atoms with E-state index in [2.05, 4.69) is 10.0 Å². The summed E-state index contributed by atoms with van der Waals surface area (Å²) in [4.78, 5) is 0.451. The van der Waals surface area contributed by atoms with E-state index in [9.17, 15) is 21.9 Å². The Hall–Kier alpha value is -2.58. The standard InChI is InChI=1S/C30H37N3O7S2/c34-26(21-39-27-6-3-7-28(17-27)41(35,36)32-24-9-10-24)19-31-25-18-30(40-20-25)12-14-33(15-13-30)42(37,38)29-11-8-22-4-1-2-5-23(22)16-29/h1-8,11,16-17,24-26,31-32,34H,9-10,12-15,18-21H2/t25?,26-/m0/s1. The van der Waals surface area contributed by atoms with E-state index in [4.69, 9.17) is 9.47 Å². The summed E-state index contributed by atoms with van der Waals surface area (Å²) in [5.41, 5.74) is -0.380. The Bertz CT molecular complexity index is 1640. The molecule has 2 heterocycles. The monoisotopic (exact) mass is 615 g/mol. The zero-order valence-corrected chi connectivity index (χ0v) is 24.9. The lowest BCUT2D eigenvalue weighted by molar-refractivity contribution is -0.0312. The number of fused-ring (bicyclic) bond motifs is 1. The van der Waals surface area contributed by atoms with Crippen LogP contribution in [-0.4, -0.2) is 82.9 Å². The van der Waals surface area contributed by atoms with E-state index in [0.717, 1.165) is 30.0 Å². The molecular formula is C30H37N3O7S2. The maximum atomic E-state index is 13.4. The first-order valence-electron chi connectivity index (χ1n) is 14.4. The van der Waals surface area contributed by atoms with Crippen LogP contribution < -0.4 is 14.8 Å². The van der Waals surface area contributed by atoms with Crippen molar-refractivity contribution in [3.05, 3.63) is 66.7 Å². The summed E-state index contributed by atoms with van der Waals surface area (Å²) in [7, 11) is -7.18. The van der Waals surface area contributed by atoms with Gasteiger partial charge in [0.05, 0.1) is 22.0 Å². The number of hydrogen-bond acceptors (Lipinski definition) is 8. The maximum Gasteiger partial charge on any atom is 0.243 e. The molecule has 10 nitrogen and oxygen atoms in total. The molecule has 1 unspecified atom stereocenters. The first-order valence-corrected chi connectivity index (χ1v) is 17.3. The normalized spacial score (nSPS) is 22.0. The van der Waals surface area contributed by atoms with Crippen LogP contribution in [-0.2, 0) is 24.8 Å². The number of aliphatic hydroxyl groups excluding tert-OH is 1. The van der Waals surface area contributed by atoms with E-state index in [-0.39, 0.29) is 35.7 Å². The fourth-order valence-corrected chi connectivity index (χ4v) is 8.53. The molecule has 1 spiro atoms. The topological polar surface area (TPSA) is 134 Å². The Labute approximate surface area is 247 Å². The molecule has 0 radical (unpaired) electrons. The van der Waals surface area contributed by atoms with E-state index in [1.807, 2.05) is 30.3 Å². The summed E-state index contributed by atoms with van der Waals surface area (Å²) < 4.78 is 67.7. The molecule has 3 N–H and O–H groups in total. The highest BCUT2D eigenvalue weighted by Gasteiger charge is 2.44. The third-order valence-corrected chi connectivity index (χ3v) is 11.7. The molecule has 1 saturated carbocycles. The Morgan fingerprint density at radius 1 is 0.929 bits per heavy atom. The molecule has 42 heavy (non-hydrogen) atoms. The average molecular weight is 616 g/mol. The van der Waals surface area contributed by atoms with Crippen molar-refractivity contribution in [3.63, 3.8) is 0 Å². The van der Waals surface area contributed by atoms with E-state index in [1.165, 1.54) is 12.1 Å². The fraction of sp³-hybridized carbons (Fsp3) is 0.467. The van der Waals surface area contributed by atoms with Gasteiger partial charge in [-0.05, 0) is 67.1 Å². The van der Waals surface area contributed by atoms with Crippen molar-refractivity contribution >= 4 is 30.8 Å². The molecule has 0 aromatic heterocycles. The minimum Gasteiger partial charge on any atom is -0.491 e. The largest absolute Gasteiger partial charge is 0.491 e. The van der Waals surface area contributed by atoms with Crippen LogP contribution in [0.3, 0.4) is 0 Å². The SMILES string of the molecule is O=S(=O)(NC1CC1)c1cccc(OC[C@@H](O)CNC2COC3(CCN(S(=O)(=O)c4ccc5ccccc5c4)CC3)C2)c1. The van der Waals surface area contributed by atoms with Crippen molar-refractivity contribution in [1.29, 1.82) is 0 Å². The summed E-state index contributed by atoms with van der Waals surface area (Å²) in [6.07, 6.45) is 2.86. The second-order valence-electron chi connectivity index (χ2n) is 11.6. The van der Waals surface area contributed by atoms with Crippen molar-refractivity contribution in [2.24, 2.45) is 0 Å². The van der Waals surface area contributed by atoms with E-state index in [0.29, 0.717) is 43.2 Å². The van der Waals surface area contributed by atoms with Crippen molar-refractivity contribution < 1.29 is 31.4 Å². The van der Waals surface area contributed by atoms with Gasteiger partial charge in [0.25, 0.3) is 0 Å². The minimum atomic E-state index is -3.60. The number of ether oxygens (including phenoxy) is 2. The van der Waals surface area contributed by atoms with Crippen molar-refractivity contribution in [2.45, 2.75) is 65.7 Å². The van der Waals surface area contributed by atoms with Crippen LogP contribution in [0.4, 0.5) is 0 Å². The van der Waals surface area contributed by atoms with Crippen LogP contribution in [0, 0.1) is 0 Å². The first-order chi connectivity index (χ1) is 20.1. The molecule has 2 saturated heterocycles. The third kappa shape index (κ3) is 6.65. The molecule has 226 valence electrons. The van der Waals surface area contributed by atoms with Crippen LogP contribution in [0.1, 0.15) is 32.1 Å². The summed E-state index contributed by atoms with van der Waals surface area (Å²) in [6, 6.07) is 19.3. The maximum absolute atomic E-state index is 13.4. The number of nitrogens with zero attached hydrogens (tertiary/aromatic N) is 1. The molecule has 1 aliphatic carbocycles. The number of sulfonamides is 2. The second kappa shape index (κ2) is 11.8. The minimum absolute atomic E-state index is 0.00681. The molecular weight excluding hydrogens is 578 g/mol. The predicted octanol–water partition coefficient (Wildman–Crippen LogP) is 2.62. The van der Waals surface area contributed by atoms with Gasteiger partial charge < -0.3 is 19.9 Å². The zero-order valence-electron chi connectivity index (χ0n) is 23.3. The van der Waals surface area contributed by atoms with Crippen LogP contribution in [0.15, 0.2) is 76.5 Å². The van der Waals surface area contributed by atoms with Gasteiger partial charge in [-0.1, -0.05) is 36.4 Å². The summed E-state index contributed by atoms with van der Waals surface area (Å²) in [5, 5.41) is 15.7. The molecule has 12 heteroatoms. The smallest absolute Gasteiger partial charge is 0.243 e. The number of hydrogen-bond donors (Lipinski definition) is 3. The molecule has 3 fully saturated rings. The van der Waals surface area contributed by atoms with E-state index >= 15 is 0 Å². The molecule has 3 aromatic carbocycles. The Morgan fingerprint density at radius 3 is 2.45 bits per heavy atom. The van der Waals surface area contributed by atoms with Gasteiger partial charge in [0.1, 0.15) is 18.5 Å². The molecule has 3 aliphatic rings. The number of benzene rings is 3. The molecule has 0 amide bonds. The van der Waals surface area contributed by atoms with Crippen LogP contribution in [0.5, 0.6) is 5.75 Å². The lowest BCUT2D eigenvalue weighted by atomic mass is 9.88. The van der Waals surface area contributed by atoms with Gasteiger partial charge in [-0.2, -0.15) is 4.31 Å². The Morgan fingerprint density at radius 2 is 1.69 bits per heavy atom. The first kappa shape index (κ1) is 29.5. The van der Waals surface area contributed by atoms with Gasteiger partial charge in [0.2, 0.25) is 20.0 Å². The van der Waals surface area contributed by atoms with Gasteiger partial charge in [-0.25, -0.2) is 21.6 Å². The van der Waals surface area contributed by atoms with Gasteiger partial charge in [0, 0.05) is 37.8 Å². The van der Waals surface area contributed by atoms with Gasteiger partial charge in [-0.15, -0.1) is 0 Å². The third-order valence-electron chi connectivity index (χ3n) is 8.30. The summed E-state index contributed by atoms with van der Waals surface area (Å²) in [5.74, 6) is 0.376. The lowest BCUT2D eigenvalue weighted by Gasteiger charge is -2.38. The number of aliphatic hydroxyl groups is 1. The van der Waals surface area contributed by atoms with Gasteiger partial charge in [-0.3, -0.25) is 0 Å². The summed E-state index contributed by atoms with van der Waals surface area (Å²) in [6.45, 7) is 1.56. The molecule has 3 aromatic rings. The molecule has 0 bridgehead atoms. The average Bonchev–Trinajstić information content (AvgIpc) is 3.72. The van der Waals surface area contributed by atoms with Gasteiger partial charge in [0.15, 0.2) is 0 Å². The molecule has 2 atom stereocenters. The van der Waals surface area contributed by atoms with Crippen molar-refractivity contribution in [1.82, 2.24) is 14.3 Å². The lowest BCUT2D eigenvalue weighted by Crippen LogP contribution is -2.47. The highest BCUT2D eigenvalue weighted by atomic mass is 32.2.